The highest BCUT2D eigenvalue weighted by molar-refractivity contribution is 6.04. The molecule has 6 heteroatoms. The Morgan fingerprint density at radius 1 is 1.04 bits per heavy atom. The fourth-order valence-corrected chi connectivity index (χ4v) is 2.16. The van der Waals surface area contributed by atoms with E-state index in [0.29, 0.717) is 11.5 Å². The van der Waals surface area contributed by atoms with Gasteiger partial charge in [0.15, 0.2) is 0 Å². The number of rotatable bonds is 4. The summed E-state index contributed by atoms with van der Waals surface area (Å²) in [5.74, 6) is -0.172. The quantitative estimate of drug-likeness (QED) is 0.797. The third-order valence-corrected chi connectivity index (χ3v) is 3.42. The van der Waals surface area contributed by atoms with Crippen molar-refractivity contribution < 1.29 is 9.18 Å². The molecule has 0 saturated carbocycles. The summed E-state index contributed by atoms with van der Waals surface area (Å²) in [6.45, 7) is 0. The number of halogens is 1. The van der Waals surface area contributed by atoms with Crippen LogP contribution in [-0.2, 0) is 0 Å². The molecule has 0 fully saturated rings. The van der Waals surface area contributed by atoms with Crippen molar-refractivity contribution >= 4 is 23.1 Å². The highest BCUT2D eigenvalue weighted by atomic mass is 19.1. The fourth-order valence-electron chi connectivity index (χ4n) is 2.16. The molecule has 5 nitrogen and oxygen atoms in total. The second kappa shape index (κ2) is 6.87. The molecule has 0 atom stereocenters. The number of aromatic nitrogens is 2. The first-order chi connectivity index (χ1) is 11.6. The zero-order valence-electron chi connectivity index (χ0n) is 13.0. The Labute approximate surface area is 138 Å². The van der Waals surface area contributed by atoms with Crippen molar-refractivity contribution in [2.24, 2.45) is 0 Å². The first kappa shape index (κ1) is 15.6. The molecule has 1 aromatic heterocycles. The van der Waals surface area contributed by atoms with E-state index in [0.717, 1.165) is 5.69 Å². The molecule has 0 aliphatic heterocycles. The van der Waals surface area contributed by atoms with Crippen molar-refractivity contribution in [3.63, 3.8) is 0 Å². The van der Waals surface area contributed by atoms with Gasteiger partial charge in [0.25, 0.3) is 5.91 Å². The van der Waals surface area contributed by atoms with Crippen molar-refractivity contribution in [3.05, 3.63) is 78.5 Å². The number of amides is 1. The third-order valence-electron chi connectivity index (χ3n) is 3.42. The van der Waals surface area contributed by atoms with Gasteiger partial charge in [-0.25, -0.2) is 14.4 Å². The zero-order chi connectivity index (χ0) is 16.9. The van der Waals surface area contributed by atoms with Crippen LogP contribution in [0.4, 0.5) is 21.6 Å². The number of hydrogen-bond acceptors (Lipinski definition) is 4. The molecule has 0 radical (unpaired) electrons. The highest BCUT2D eigenvalue weighted by Gasteiger charge is 2.15. The third kappa shape index (κ3) is 3.55. The summed E-state index contributed by atoms with van der Waals surface area (Å²) in [6, 6.07) is 15.3. The monoisotopic (exact) mass is 322 g/mol. The average Bonchev–Trinajstić information content (AvgIpc) is 2.62. The Balaban J connectivity index is 1.73. The molecule has 0 bridgehead atoms. The predicted octanol–water partition coefficient (Wildman–Crippen LogP) is 3.64. The van der Waals surface area contributed by atoms with Crippen molar-refractivity contribution in [1.82, 2.24) is 9.97 Å². The van der Waals surface area contributed by atoms with Gasteiger partial charge in [0.05, 0.1) is 12.4 Å². The number of para-hydroxylation sites is 1. The molecule has 0 saturated heterocycles. The maximum Gasteiger partial charge on any atom is 0.278 e. The van der Waals surface area contributed by atoms with Crippen molar-refractivity contribution in [1.29, 1.82) is 0 Å². The lowest BCUT2D eigenvalue weighted by Crippen LogP contribution is -2.27. The lowest BCUT2D eigenvalue weighted by Gasteiger charge is -2.16. The second-order valence-electron chi connectivity index (χ2n) is 5.12. The summed E-state index contributed by atoms with van der Waals surface area (Å²) in [7, 11) is 1.68. The molecule has 24 heavy (non-hydrogen) atoms. The molecular weight excluding hydrogens is 307 g/mol. The lowest BCUT2D eigenvalue weighted by molar-refractivity contribution is 0.0988. The van der Waals surface area contributed by atoms with Gasteiger partial charge in [-0.05, 0) is 30.3 Å². The van der Waals surface area contributed by atoms with Crippen LogP contribution in [0.25, 0.3) is 0 Å². The summed E-state index contributed by atoms with van der Waals surface area (Å²) in [6.07, 6.45) is 2.83. The molecule has 3 aromatic rings. The number of carbonyl (C=O) groups is 1. The predicted molar refractivity (Wildman–Crippen MR) is 90.9 cm³/mol. The van der Waals surface area contributed by atoms with E-state index in [9.17, 15) is 9.18 Å². The first-order valence-electron chi connectivity index (χ1n) is 7.31. The molecule has 1 amide bonds. The Morgan fingerprint density at radius 3 is 2.50 bits per heavy atom. The fraction of sp³-hybridized carbons (Fsp3) is 0.0556. The average molecular weight is 322 g/mol. The Kier molecular flexibility index (Phi) is 4.47. The molecular formula is C18H15FN4O. The van der Waals surface area contributed by atoms with Gasteiger partial charge in [0.1, 0.15) is 17.3 Å². The number of benzene rings is 2. The molecule has 120 valence electrons. The molecule has 0 unspecified atom stereocenters. The van der Waals surface area contributed by atoms with Crippen LogP contribution in [0.5, 0.6) is 0 Å². The lowest BCUT2D eigenvalue weighted by atomic mass is 10.3. The van der Waals surface area contributed by atoms with Gasteiger partial charge in [-0.3, -0.25) is 4.79 Å². The molecule has 3 rings (SSSR count). The minimum atomic E-state index is -0.343. The van der Waals surface area contributed by atoms with Crippen LogP contribution in [0.3, 0.4) is 0 Å². The highest BCUT2D eigenvalue weighted by Crippen LogP contribution is 2.16. The van der Waals surface area contributed by atoms with Gasteiger partial charge in [-0.15, -0.1) is 0 Å². The summed E-state index contributed by atoms with van der Waals surface area (Å²) in [4.78, 5) is 22.2. The topological polar surface area (TPSA) is 58.1 Å². The minimum absolute atomic E-state index is 0.228. The summed E-state index contributed by atoms with van der Waals surface area (Å²) in [5.41, 5.74) is 1.56. The van der Waals surface area contributed by atoms with E-state index >= 15 is 0 Å². The summed E-state index contributed by atoms with van der Waals surface area (Å²) < 4.78 is 13.2. The standard InChI is InChI=1S/C18H15FN4O/c1-23(15-8-3-2-4-9-15)18(24)16-11-21-17(12-20-16)22-14-7-5-6-13(19)10-14/h2-12H,1H3,(H,21,22). The number of nitrogens with zero attached hydrogens (tertiary/aromatic N) is 3. The van der Waals surface area contributed by atoms with E-state index in [1.54, 1.807) is 19.2 Å². The van der Waals surface area contributed by atoms with Crippen LogP contribution in [0.15, 0.2) is 67.0 Å². The van der Waals surface area contributed by atoms with E-state index in [1.165, 1.54) is 29.4 Å². The normalized spacial score (nSPS) is 10.2. The largest absolute Gasteiger partial charge is 0.339 e. The zero-order valence-corrected chi connectivity index (χ0v) is 13.0. The van der Waals surface area contributed by atoms with Gasteiger partial charge in [-0.2, -0.15) is 0 Å². The molecule has 1 N–H and O–H groups in total. The number of anilines is 3. The van der Waals surface area contributed by atoms with E-state index in [-0.39, 0.29) is 17.4 Å². The van der Waals surface area contributed by atoms with Gasteiger partial charge in [0, 0.05) is 18.4 Å². The van der Waals surface area contributed by atoms with Crippen molar-refractivity contribution in [2.45, 2.75) is 0 Å². The number of hydrogen-bond donors (Lipinski definition) is 1. The van der Waals surface area contributed by atoms with E-state index in [4.69, 9.17) is 0 Å². The van der Waals surface area contributed by atoms with E-state index in [1.807, 2.05) is 30.3 Å². The van der Waals surface area contributed by atoms with Crippen LogP contribution < -0.4 is 10.2 Å². The maximum atomic E-state index is 13.2. The first-order valence-corrected chi connectivity index (χ1v) is 7.31. The number of nitrogens with one attached hydrogen (secondary N) is 1. The van der Waals surface area contributed by atoms with Gasteiger partial charge < -0.3 is 10.2 Å². The Bertz CT molecular complexity index is 837. The second-order valence-corrected chi connectivity index (χ2v) is 5.12. The van der Waals surface area contributed by atoms with Gasteiger partial charge in [0.2, 0.25) is 0 Å². The summed E-state index contributed by atoms with van der Waals surface area (Å²) in [5, 5.41) is 2.93. The molecule has 1 heterocycles. The van der Waals surface area contributed by atoms with Crippen molar-refractivity contribution in [2.75, 3.05) is 17.3 Å². The van der Waals surface area contributed by atoms with Crippen LogP contribution in [-0.4, -0.2) is 22.9 Å². The van der Waals surface area contributed by atoms with Crippen LogP contribution in [0.2, 0.25) is 0 Å². The Hall–Kier alpha value is -3.28. The van der Waals surface area contributed by atoms with Crippen LogP contribution in [0.1, 0.15) is 10.5 Å². The Morgan fingerprint density at radius 2 is 1.83 bits per heavy atom. The molecule has 2 aromatic carbocycles. The van der Waals surface area contributed by atoms with Crippen molar-refractivity contribution in [3.8, 4) is 0 Å². The van der Waals surface area contributed by atoms with Crippen LogP contribution >= 0.6 is 0 Å². The van der Waals surface area contributed by atoms with E-state index in [2.05, 4.69) is 15.3 Å². The number of carbonyl (C=O) groups excluding carboxylic acids is 1. The van der Waals surface area contributed by atoms with E-state index < -0.39 is 0 Å². The SMILES string of the molecule is CN(C(=O)c1cnc(Nc2cccc(F)c2)cn1)c1ccccc1. The molecule has 0 spiro atoms. The molecule has 0 aliphatic carbocycles. The summed E-state index contributed by atoms with van der Waals surface area (Å²) >= 11 is 0. The smallest absolute Gasteiger partial charge is 0.278 e. The maximum absolute atomic E-state index is 13.2. The minimum Gasteiger partial charge on any atom is -0.339 e. The molecule has 0 aliphatic rings. The van der Waals surface area contributed by atoms with Gasteiger partial charge >= 0.3 is 0 Å². The van der Waals surface area contributed by atoms with Gasteiger partial charge in [-0.1, -0.05) is 24.3 Å². The van der Waals surface area contributed by atoms with Crippen LogP contribution in [0, 0.1) is 5.82 Å².